The summed E-state index contributed by atoms with van der Waals surface area (Å²) in [6, 6.07) is 23.3. The normalized spacial score (nSPS) is 11.5. The van der Waals surface area contributed by atoms with E-state index in [1.54, 1.807) is 42.9 Å². The van der Waals surface area contributed by atoms with Crippen molar-refractivity contribution < 1.29 is 8.78 Å². The van der Waals surface area contributed by atoms with Crippen molar-refractivity contribution in [2.45, 2.75) is 13.1 Å². The van der Waals surface area contributed by atoms with E-state index in [1.165, 1.54) is 23.8 Å². The smallest absolute Gasteiger partial charge is 0.159 e. The number of benzene rings is 3. The summed E-state index contributed by atoms with van der Waals surface area (Å²) in [5.74, 6) is -0.243. The van der Waals surface area contributed by atoms with Gasteiger partial charge >= 0.3 is 0 Å². The molecule has 41 heavy (non-hydrogen) atoms. The minimum Gasteiger partial charge on any atom is -0.336 e. The third kappa shape index (κ3) is 4.83. The molecule has 7 nitrogen and oxygen atoms in total. The molecular formula is C32H23F2N7. The Balaban J connectivity index is 1.23. The van der Waals surface area contributed by atoms with Gasteiger partial charge in [-0.1, -0.05) is 42.5 Å². The Kier molecular flexibility index (Phi) is 6.25. The number of nitrogens with one attached hydrogen (secondary N) is 3. The Morgan fingerprint density at radius 2 is 1.63 bits per heavy atom. The lowest BCUT2D eigenvalue weighted by Crippen LogP contribution is -2.12. The molecule has 9 heteroatoms. The van der Waals surface area contributed by atoms with Gasteiger partial charge in [0.25, 0.3) is 0 Å². The monoisotopic (exact) mass is 543 g/mol. The molecule has 0 aliphatic carbocycles. The van der Waals surface area contributed by atoms with E-state index >= 15 is 4.39 Å². The molecule has 0 spiro atoms. The number of nitrogens with zero attached hydrogens (tertiary/aromatic N) is 4. The summed E-state index contributed by atoms with van der Waals surface area (Å²) in [7, 11) is 0. The lowest BCUT2D eigenvalue weighted by atomic mass is 10.0. The van der Waals surface area contributed by atoms with E-state index in [-0.39, 0.29) is 11.6 Å². The molecule has 0 amide bonds. The second kappa shape index (κ2) is 10.4. The topological polar surface area (TPSA) is 95.2 Å². The zero-order chi connectivity index (χ0) is 27.8. The molecule has 0 aliphatic heterocycles. The maximum atomic E-state index is 15.3. The number of rotatable bonds is 7. The van der Waals surface area contributed by atoms with Crippen molar-refractivity contribution in [1.82, 2.24) is 35.5 Å². The second-order valence-corrected chi connectivity index (χ2v) is 9.77. The largest absolute Gasteiger partial charge is 0.336 e. The standard InChI is InChI=1S/C32H23F2N7/c33-23-8-4-7-21(12-23)29-31-27(9-10-37-29)38-32(39-31)30-25-13-24(26(34)14-28(25)40-41-30)22-11-20(17-36-18-22)16-35-15-19-5-2-1-3-6-19/h1-14,17-18,35H,15-16H2,(H,38,39)(H,40,41). The molecule has 4 heterocycles. The van der Waals surface area contributed by atoms with E-state index in [0.717, 1.165) is 17.6 Å². The first kappa shape index (κ1) is 24.7. The van der Waals surface area contributed by atoms with E-state index in [9.17, 15) is 4.39 Å². The van der Waals surface area contributed by atoms with Crippen molar-refractivity contribution in [1.29, 1.82) is 0 Å². The van der Waals surface area contributed by atoms with Crippen LogP contribution < -0.4 is 5.32 Å². The number of fused-ring (bicyclic) bond motifs is 2. The number of halogens is 2. The van der Waals surface area contributed by atoms with Crippen molar-refractivity contribution >= 4 is 21.9 Å². The lowest BCUT2D eigenvalue weighted by molar-refractivity contribution is 0.628. The van der Waals surface area contributed by atoms with Crippen LogP contribution in [-0.4, -0.2) is 30.1 Å². The van der Waals surface area contributed by atoms with Gasteiger partial charge in [-0.25, -0.2) is 13.8 Å². The molecule has 0 fully saturated rings. The summed E-state index contributed by atoms with van der Waals surface area (Å²) in [4.78, 5) is 16.9. The summed E-state index contributed by atoms with van der Waals surface area (Å²) in [5, 5.41) is 11.5. The van der Waals surface area contributed by atoms with Crippen LogP contribution >= 0.6 is 0 Å². The molecule has 0 radical (unpaired) electrons. The minimum atomic E-state index is -0.383. The van der Waals surface area contributed by atoms with E-state index < -0.39 is 0 Å². The van der Waals surface area contributed by atoms with Crippen LogP contribution in [0.2, 0.25) is 0 Å². The van der Waals surface area contributed by atoms with Crippen molar-refractivity contribution in [3.8, 4) is 33.9 Å². The van der Waals surface area contributed by atoms with Crippen LogP contribution in [0.1, 0.15) is 11.1 Å². The third-order valence-electron chi connectivity index (χ3n) is 6.98. The molecule has 200 valence electrons. The van der Waals surface area contributed by atoms with Gasteiger partial charge in [0.2, 0.25) is 0 Å². The summed E-state index contributed by atoms with van der Waals surface area (Å²) in [5.41, 5.74) is 6.78. The van der Waals surface area contributed by atoms with E-state index in [2.05, 4.69) is 42.6 Å². The van der Waals surface area contributed by atoms with Gasteiger partial charge in [-0.15, -0.1) is 0 Å². The number of hydrogen-bond acceptors (Lipinski definition) is 5. The Labute approximate surface area is 233 Å². The highest BCUT2D eigenvalue weighted by Crippen LogP contribution is 2.34. The average Bonchev–Trinajstić information content (AvgIpc) is 3.61. The average molecular weight is 544 g/mol. The molecule has 0 bridgehead atoms. The molecule has 0 saturated carbocycles. The van der Waals surface area contributed by atoms with Crippen LogP contribution in [-0.2, 0) is 13.1 Å². The molecule has 0 atom stereocenters. The maximum absolute atomic E-state index is 15.3. The Bertz CT molecular complexity index is 2010. The zero-order valence-electron chi connectivity index (χ0n) is 21.7. The maximum Gasteiger partial charge on any atom is 0.159 e. The highest BCUT2D eigenvalue weighted by Gasteiger charge is 2.18. The van der Waals surface area contributed by atoms with Crippen molar-refractivity contribution in [3.63, 3.8) is 0 Å². The van der Waals surface area contributed by atoms with Crippen LogP contribution in [0, 0.1) is 11.6 Å². The molecular weight excluding hydrogens is 520 g/mol. The minimum absolute atomic E-state index is 0.351. The molecule has 4 aromatic heterocycles. The van der Waals surface area contributed by atoms with Gasteiger partial charge in [0.05, 0.1) is 16.7 Å². The number of hydrogen-bond donors (Lipinski definition) is 3. The quantitative estimate of drug-likeness (QED) is 0.206. The van der Waals surface area contributed by atoms with E-state index in [1.807, 2.05) is 24.3 Å². The first-order chi connectivity index (χ1) is 20.1. The van der Waals surface area contributed by atoms with Gasteiger partial charge in [-0.2, -0.15) is 5.10 Å². The van der Waals surface area contributed by atoms with Gasteiger partial charge in [0.1, 0.15) is 22.8 Å². The Morgan fingerprint density at radius 1 is 0.756 bits per heavy atom. The van der Waals surface area contributed by atoms with Crippen LogP contribution in [0.5, 0.6) is 0 Å². The number of aromatic nitrogens is 6. The summed E-state index contributed by atoms with van der Waals surface area (Å²) >= 11 is 0. The Hall–Kier alpha value is -5.28. The summed E-state index contributed by atoms with van der Waals surface area (Å²) in [6.45, 7) is 1.31. The number of imidazole rings is 1. The molecule has 7 aromatic rings. The summed E-state index contributed by atoms with van der Waals surface area (Å²) < 4.78 is 29.2. The highest BCUT2D eigenvalue weighted by atomic mass is 19.1. The van der Waals surface area contributed by atoms with Crippen LogP contribution in [0.15, 0.2) is 97.5 Å². The molecule has 0 aliphatic rings. The van der Waals surface area contributed by atoms with Crippen molar-refractivity contribution in [2.24, 2.45) is 0 Å². The first-order valence-corrected chi connectivity index (χ1v) is 13.1. The van der Waals surface area contributed by atoms with Gasteiger partial charge in [-0.3, -0.25) is 15.1 Å². The predicted molar refractivity (Wildman–Crippen MR) is 155 cm³/mol. The van der Waals surface area contributed by atoms with E-state index in [4.69, 9.17) is 4.98 Å². The predicted octanol–water partition coefficient (Wildman–Crippen LogP) is 6.80. The number of aromatic amines is 2. The number of pyridine rings is 2. The fraction of sp³-hybridized carbons (Fsp3) is 0.0625. The Morgan fingerprint density at radius 3 is 2.51 bits per heavy atom. The molecule has 7 rings (SSSR count). The SMILES string of the molecule is Fc1cccc(-c2nccc3[nH]c(-c4n[nH]c5cc(F)c(-c6cncc(CNCc7ccccc7)c6)cc45)nc23)c1. The zero-order valence-corrected chi connectivity index (χ0v) is 21.7. The van der Waals surface area contributed by atoms with Crippen LogP contribution in [0.3, 0.4) is 0 Å². The van der Waals surface area contributed by atoms with Crippen LogP contribution in [0.4, 0.5) is 8.78 Å². The fourth-order valence-corrected chi connectivity index (χ4v) is 5.01. The van der Waals surface area contributed by atoms with E-state index in [0.29, 0.717) is 56.9 Å². The summed E-state index contributed by atoms with van der Waals surface area (Å²) in [6.07, 6.45) is 5.08. The van der Waals surface area contributed by atoms with Crippen LogP contribution in [0.25, 0.3) is 55.8 Å². The molecule has 3 N–H and O–H groups in total. The van der Waals surface area contributed by atoms with Crippen molar-refractivity contribution in [3.05, 3.63) is 120 Å². The van der Waals surface area contributed by atoms with Crippen molar-refractivity contribution in [2.75, 3.05) is 0 Å². The number of H-pyrrole nitrogens is 2. The fourth-order valence-electron chi connectivity index (χ4n) is 5.01. The highest BCUT2D eigenvalue weighted by molar-refractivity contribution is 5.97. The molecule has 0 unspecified atom stereocenters. The second-order valence-electron chi connectivity index (χ2n) is 9.77. The first-order valence-electron chi connectivity index (χ1n) is 13.1. The molecule has 3 aromatic carbocycles. The third-order valence-corrected chi connectivity index (χ3v) is 6.98. The lowest BCUT2D eigenvalue weighted by Gasteiger charge is -2.08. The van der Waals surface area contributed by atoms with Gasteiger partial charge in [0.15, 0.2) is 5.82 Å². The molecule has 0 saturated heterocycles. The van der Waals surface area contributed by atoms with Gasteiger partial charge in [-0.05, 0) is 41.5 Å². The van der Waals surface area contributed by atoms with Gasteiger partial charge in [0, 0.05) is 59.8 Å². The van der Waals surface area contributed by atoms with Gasteiger partial charge < -0.3 is 10.3 Å².